The van der Waals surface area contributed by atoms with Crippen LogP contribution in [-0.4, -0.2) is 27.3 Å². The number of nitrogens with zero attached hydrogens (tertiary/aromatic N) is 3. The van der Waals surface area contributed by atoms with Crippen LogP contribution in [0.15, 0.2) is 60.2 Å². The summed E-state index contributed by atoms with van der Waals surface area (Å²) in [5, 5.41) is 13.4. The number of carbonyl (C=O) groups is 3. The summed E-state index contributed by atoms with van der Waals surface area (Å²) in [5.74, 6) is -1.51. The second-order valence-corrected chi connectivity index (χ2v) is 7.74. The van der Waals surface area contributed by atoms with Crippen molar-refractivity contribution in [3.05, 3.63) is 92.8 Å². The number of hydrogen-bond acceptors (Lipinski definition) is 5. The Labute approximate surface area is 189 Å². The molecule has 0 aliphatic carbocycles. The van der Waals surface area contributed by atoms with Gasteiger partial charge in [-0.15, -0.1) is 0 Å². The van der Waals surface area contributed by atoms with Gasteiger partial charge in [0.05, 0.1) is 16.3 Å². The molecule has 166 valence electrons. The van der Waals surface area contributed by atoms with Crippen molar-refractivity contribution < 1.29 is 19.3 Å². The van der Waals surface area contributed by atoms with E-state index < -0.39 is 22.8 Å². The summed E-state index contributed by atoms with van der Waals surface area (Å²) in [7, 11) is 0. The minimum Gasteiger partial charge on any atom is -0.318 e. The van der Waals surface area contributed by atoms with Gasteiger partial charge in [0.1, 0.15) is 5.57 Å². The fourth-order valence-electron chi connectivity index (χ4n) is 3.89. The SMILES string of the molecule is Cc1cccc(N2C(=O)NC(=O)/C(=C\c3cc(C)n(-c4cccc([N+](=O)[O-])c4)c3C)C2=O)c1. The van der Waals surface area contributed by atoms with Crippen molar-refractivity contribution in [2.45, 2.75) is 20.8 Å². The molecule has 9 heteroatoms. The van der Waals surface area contributed by atoms with Crippen LogP contribution in [0.3, 0.4) is 0 Å². The number of aryl methyl sites for hydroxylation is 2. The van der Waals surface area contributed by atoms with Crippen LogP contribution < -0.4 is 10.2 Å². The highest BCUT2D eigenvalue weighted by atomic mass is 16.6. The van der Waals surface area contributed by atoms with E-state index in [4.69, 9.17) is 0 Å². The lowest BCUT2D eigenvalue weighted by Gasteiger charge is -2.26. The zero-order chi connectivity index (χ0) is 23.9. The third kappa shape index (κ3) is 3.91. The van der Waals surface area contributed by atoms with Gasteiger partial charge in [-0.2, -0.15) is 0 Å². The van der Waals surface area contributed by atoms with Gasteiger partial charge >= 0.3 is 6.03 Å². The predicted molar refractivity (Wildman–Crippen MR) is 122 cm³/mol. The molecular weight excluding hydrogens is 424 g/mol. The zero-order valence-electron chi connectivity index (χ0n) is 18.2. The maximum atomic E-state index is 13.1. The number of nitrogens with one attached hydrogen (secondary N) is 1. The Bertz CT molecular complexity index is 1370. The number of amides is 4. The van der Waals surface area contributed by atoms with Gasteiger partial charge < -0.3 is 4.57 Å². The third-order valence-electron chi connectivity index (χ3n) is 5.43. The number of barbiturate groups is 1. The summed E-state index contributed by atoms with van der Waals surface area (Å²) < 4.78 is 1.80. The first-order chi connectivity index (χ1) is 15.7. The Kier molecular flexibility index (Phi) is 5.39. The van der Waals surface area contributed by atoms with Gasteiger partial charge in [0, 0.05) is 23.5 Å². The van der Waals surface area contributed by atoms with Gasteiger partial charge in [-0.05, 0) is 62.2 Å². The average Bonchev–Trinajstić information content (AvgIpc) is 3.04. The van der Waals surface area contributed by atoms with Crippen molar-refractivity contribution >= 4 is 35.3 Å². The van der Waals surface area contributed by atoms with Crippen LogP contribution in [0.1, 0.15) is 22.5 Å². The number of non-ortho nitro benzene ring substituents is 1. The molecule has 3 aromatic rings. The minimum absolute atomic E-state index is 0.0472. The Morgan fingerprint density at radius 1 is 0.939 bits per heavy atom. The third-order valence-corrected chi connectivity index (χ3v) is 5.43. The topological polar surface area (TPSA) is 115 Å². The summed E-state index contributed by atoms with van der Waals surface area (Å²) in [6.45, 7) is 5.44. The Hall–Kier alpha value is -4.53. The molecular formula is C24H20N4O5. The first-order valence-corrected chi connectivity index (χ1v) is 10.1. The lowest BCUT2D eigenvalue weighted by molar-refractivity contribution is -0.384. The summed E-state index contributed by atoms with van der Waals surface area (Å²) in [4.78, 5) is 49.7. The standard InChI is InChI=1S/C24H20N4O5/c1-14-6-4-7-18(10-14)27-23(30)21(22(29)25-24(27)31)12-17-11-15(2)26(16(17)3)19-8-5-9-20(13-19)28(32)33/h4-13H,1-3H3,(H,25,29,31)/b21-12+. The molecule has 9 nitrogen and oxygen atoms in total. The molecule has 1 fully saturated rings. The summed E-state index contributed by atoms with van der Waals surface area (Å²) in [6, 6.07) is 14.0. The van der Waals surface area contributed by atoms with Crippen molar-refractivity contribution in [3.63, 3.8) is 0 Å². The van der Waals surface area contributed by atoms with Crippen molar-refractivity contribution in [1.29, 1.82) is 0 Å². The van der Waals surface area contributed by atoms with Crippen molar-refractivity contribution in [2.75, 3.05) is 4.90 Å². The quantitative estimate of drug-likeness (QED) is 0.283. The molecule has 0 spiro atoms. The van der Waals surface area contributed by atoms with Crippen LogP contribution >= 0.6 is 0 Å². The van der Waals surface area contributed by atoms with E-state index >= 15 is 0 Å². The van der Waals surface area contributed by atoms with E-state index in [-0.39, 0.29) is 11.3 Å². The van der Waals surface area contributed by atoms with Crippen LogP contribution in [0.4, 0.5) is 16.2 Å². The van der Waals surface area contributed by atoms with Crippen LogP contribution in [0.25, 0.3) is 11.8 Å². The number of nitro benzene ring substituents is 1. The van der Waals surface area contributed by atoms with Gasteiger partial charge in [-0.3, -0.25) is 25.0 Å². The number of carbonyl (C=O) groups excluding carboxylic acids is 3. The van der Waals surface area contributed by atoms with Crippen molar-refractivity contribution in [2.24, 2.45) is 0 Å². The minimum atomic E-state index is -0.810. The Morgan fingerprint density at radius 2 is 1.64 bits per heavy atom. The van der Waals surface area contributed by atoms with Crippen LogP contribution in [-0.2, 0) is 9.59 Å². The lowest BCUT2D eigenvalue weighted by atomic mass is 10.1. The summed E-state index contributed by atoms with van der Waals surface area (Å²) in [6.07, 6.45) is 1.43. The molecule has 33 heavy (non-hydrogen) atoms. The Morgan fingerprint density at radius 3 is 2.33 bits per heavy atom. The fraction of sp³-hybridized carbons (Fsp3) is 0.125. The number of nitro groups is 1. The first kappa shape index (κ1) is 21.7. The monoisotopic (exact) mass is 444 g/mol. The number of aromatic nitrogens is 1. The fourth-order valence-corrected chi connectivity index (χ4v) is 3.89. The average molecular weight is 444 g/mol. The maximum Gasteiger partial charge on any atom is 0.335 e. The molecule has 2 heterocycles. The molecule has 1 aromatic heterocycles. The highest BCUT2D eigenvalue weighted by Gasteiger charge is 2.37. The van der Waals surface area contributed by atoms with Gasteiger partial charge in [0.25, 0.3) is 17.5 Å². The van der Waals surface area contributed by atoms with Gasteiger partial charge in [0.2, 0.25) is 0 Å². The van der Waals surface area contributed by atoms with E-state index in [9.17, 15) is 24.5 Å². The first-order valence-electron chi connectivity index (χ1n) is 10.1. The largest absolute Gasteiger partial charge is 0.335 e. The molecule has 4 rings (SSSR count). The molecule has 0 saturated carbocycles. The molecule has 1 N–H and O–H groups in total. The molecule has 2 aromatic carbocycles. The summed E-state index contributed by atoms with van der Waals surface area (Å²) in [5.41, 5.74) is 3.59. The van der Waals surface area contributed by atoms with Gasteiger partial charge in [-0.25, -0.2) is 9.69 Å². The highest BCUT2D eigenvalue weighted by molar-refractivity contribution is 6.39. The molecule has 0 unspecified atom stereocenters. The van der Waals surface area contributed by atoms with Crippen LogP contribution in [0.5, 0.6) is 0 Å². The van der Waals surface area contributed by atoms with E-state index in [1.54, 1.807) is 47.9 Å². The number of rotatable bonds is 4. The van der Waals surface area contributed by atoms with E-state index in [1.165, 1.54) is 18.2 Å². The smallest absolute Gasteiger partial charge is 0.318 e. The van der Waals surface area contributed by atoms with Gasteiger partial charge in [-0.1, -0.05) is 18.2 Å². The number of anilines is 1. The zero-order valence-corrected chi connectivity index (χ0v) is 18.2. The van der Waals surface area contributed by atoms with Crippen LogP contribution in [0.2, 0.25) is 0 Å². The number of benzene rings is 2. The lowest BCUT2D eigenvalue weighted by Crippen LogP contribution is -2.54. The molecule has 0 radical (unpaired) electrons. The predicted octanol–water partition coefficient (Wildman–Crippen LogP) is 3.98. The highest BCUT2D eigenvalue weighted by Crippen LogP contribution is 2.27. The molecule has 1 saturated heterocycles. The van der Waals surface area contributed by atoms with Crippen LogP contribution in [0, 0.1) is 30.9 Å². The number of imide groups is 2. The maximum absolute atomic E-state index is 13.1. The summed E-state index contributed by atoms with van der Waals surface area (Å²) >= 11 is 0. The molecule has 1 aliphatic rings. The van der Waals surface area contributed by atoms with Crippen molar-refractivity contribution in [1.82, 2.24) is 9.88 Å². The van der Waals surface area contributed by atoms with E-state index in [0.717, 1.165) is 16.2 Å². The molecule has 0 bridgehead atoms. The molecule has 4 amide bonds. The van der Waals surface area contributed by atoms with E-state index in [1.807, 2.05) is 19.9 Å². The normalized spacial score (nSPS) is 15.2. The second kappa shape index (κ2) is 8.19. The Balaban J connectivity index is 1.77. The number of hydrogen-bond donors (Lipinski definition) is 1. The van der Waals surface area contributed by atoms with Crippen molar-refractivity contribution in [3.8, 4) is 5.69 Å². The van der Waals surface area contributed by atoms with E-state index in [0.29, 0.717) is 22.6 Å². The van der Waals surface area contributed by atoms with E-state index in [2.05, 4.69) is 5.32 Å². The number of urea groups is 1. The molecule has 1 aliphatic heterocycles. The molecule has 0 atom stereocenters. The second-order valence-electron chi connectivity index (χ2n) is 7.74. The van der Waals surface area contributed by atoms with Gasteiger partial charge in [0.15, 0.2) is 0 Å².